The average Bonchev–Trinajstić information content (AvgIpc) is 2.78. The van der Waals surface area contributed by atoms with E-state index in [0.29, 0.717) is 30.8 Å². The second kappa shape index (κ2) is 9.67. The van der Waals surface area contributed by atoms with Crippen molar-refractivity contribution in [3.8, 4) is 5.75 Å². The molecule has 1 amide bonds. The van der Waals surface area contributed by atoms with Gasteiger partial charge in [-0.1, -0.05) is 23.7 Å². The molecule has 31 heavy (non-hydrogen) atoms. The molecule has 1 N–H and O–H groups in total. The largest absolute Gasteiger partial charge is 0.495 e. The normalized spacial score (nSPS) is 17.1. The van der Waals surface area contributed by atoms with Crippen molar-refractivity contribution in [3.63, 3.8) is 0 Å². The number of hydrogen-bond acceptors (Lipinski definition) is 6. The van der Waals surface area contributed by atoms with E-state index in [-0.39, 0.29) is 27.9 Å². The Morgan fingerprint density at radius 1 is 1.16 bits per heavy atom. The summed E-state index contributed by atoms with van der Waals surface area (Å²) in [7, 11) is -1.13. The van der Waals surface area contributed by atoms with Crippen LogP contribution in [0.1, 0.15) is 23.2 Å². The van der Waals surface area contributed by atoms with Crippen LogP contribution in [0.5, 0.6) is 5.75 Å². The van der Waals surface area contributed by atoms with E-state index in [1.54, 1.807) is 24.3 Å². The molecule has 166 valence electrons. The van der Waals surface area contributed by atoms with Crippen molar-refractivity contribution in [1.29, 1.82) is 0 Å². The Balaban J connectivity index is 1.77. The molecule has 0 radical (unpaired) electrons. The first-order valence-corrected chi connectivity index (χ1v) is 11.4. The molecule has 0 saturated carbocycles. The Labute approximate surface area is 186 Å². The number of hydrogen-bond donors (Lipinski definition) is 1. The average molecular weight is 467 g/mol. The lowest BCUT2D eigenvalue weighted by molar-refractivity contribution is -0.120. The Morgan fingerprint density at radius 3 is 2.58 bits per heavy atom. The second-order valence-corrected chi connectivity index (χ2v) is 9.37. The maximum atomic E-state index is 13.1. The lowest BCUT2D eigenvalue weighted by Gasteiger charge is -2.31. The summed E-state index contributed by atoms with van der Waals surface area (Å²) in [5, 5.41) is 2.92. The zero-order valence-electron chi connectivity index (χ0n) is 17.1. The first-order valence-electron chi connectivity index (χ1n) is 9.60. The summed E-state index contributed by atoms with van der Waals surface area (Å²) in [6.07, 6.45) is 1.06. The zero-order valence-corrected chi connectivity index (χ0v) is 18.7. The van der Waals surface area contributed by atoms with Crippen molar-refractivity contribution in [2.45, 2.75) is 17.7 Å². The summed E-state index contributed by atoms with van der Waals surface area (Å²) < 4.78 is 37.3. The molecule has 8 nitrogen and oxygen atoms in total. The van der Waals surface area contributed by atoms with E-state index in [1.807, 2.05) is 0 Å². The van der Waals surface area contributed by atoms with E-state index in [0.717, 1.165) is 0 Å². The van der Waals surface area contributed by atoms with Gasteiger partial charge >= 0.3 is 5.97 Å². The van der Waals surface area contributed by atoms with E-state index < -0.39 is 21.9 Å². The maximum Gasteiger partial charge on any atom is 0.339 e. The molecular formula is C21H23ClN2O6S. The molecule has 1 fully saturated rings. The second-order valence-electron chi connectivity index (χ2n) is 7.02. The number of piperidine rings is 1. The van der Waals surface area contributed by atoms with Crippen LogP contribution in [0.25, 0.3) is 0 Å². The number of sulfonamides is 1. The van der Waals surface area contributed by atoms with E-state index >= 15 is 0 Å². The quantitative estimate of drug-likeness (QED) is 0.656. The van der Waals surface area contributed by atoms with Gasteiger partial charge in [-0.3, -0.25) is 4.79 Å². The fourth-order valence-electron chi connectivity index (χ4n) is 3.45. The van der Waals surface area contributed by atoms with Crippen LogP contribution < -0.4 is 10.1 Å². The van der Waals surface area contributed by atoms with Crippen LogP contribution in [0, 0.1) is 5.92 Å². The fourth-order valence-corrected chi connectivity index (χ4v) is 5.32. The van der Waals surface area contributed by atoms with Gasteiger partial charge in [0.1, 0.15) is 5.75 Å². The number of carbonyl (C=O) groups is 2. The lowest BCUT2D eigenvalue weighted by atomic mass is 9.98. The van der Waals surface area contributed by atoms with Crippen molar-refractivity contribution in [2.75, 3.05) is 32.6 Å². The smallest absolute Gasteiger partial charge is 0.339 e. The molecule has 0 aliphatic carbocycles. The van der Waals surface area contributed by atoms with Crippen molar-refractivity contribution in [1.82, 2.24) is 4.31 Å². The minimum atomic E-state index is -3.84. The van der Waals surface area contributed by atoms with Crippen molar-refractivity contribution < 1.29 is 27.5 Å². The van der Waals surface area contributed by atoms with Crippen LogP contribution in [0.15, 0.2) is 47.4 Å². The number of rotatable bonds is 6. The topological polar surface area (TPSA) is 102 Å². The van der Waals surface area contributed by atoms with Crippen molar-refractivity contribution in [2.24, 2.45) is 5.92 Å². The van der Waals surface area contributed by atoms with Crippen LogP contribution in [-0.4, -0.2) is 51.9 Å². The molecule has 1 saturated heterocycles. The first-order chi connectivity index (χ1) is 14.8. The molecule has 1 atom stereocenters. The third-order valence-electron chi connectivity index (χ3n) is 5.11. The summed E-state index contributed by atoms with van der Waals surface area (Å²) in [6.45, 7) is 0.326. The van der Waals surface area contributed by atoms with Gasteiger partial charge in [-0.05, 0) is 43.2 Å². The molecular weight excluding hydrogens is 444 g/mol. The van der Waals surface area contributed by atoms with Gasteiger partial charge < -0.3 is 14.8 Å². The van der Waals surface area contributed by atoms with Crippen LogP contribution >= 0.6 is 11.6 Å². The van der Waals surface area contributed by atoms with Crippen LogP contribution in [-0.2, 0) is 19.6 Å². The lowest BCUT2D eigenvalue weighted by Crippen LogP contribution is -2.43. The van der Waals surface area contributed by atoms with Crippen LogP contribution in [0.3, 0.4) is 0 Å². The van der Waals surface area contributed by atoms with Gasteiger partial charge in [-0.15, -0.1) is 0 Å². The Hall–Kier alpha value is -2.62. The van der Waals surface area contributed by atoms with Crippen molar-refractivity contribution >= 4 is 39.2 Å². The molecule has 1 unspecified atom stereocenters. The predicted molar refractivity (Wildman–Crippen MR) is 116 cm³/mol. The highest BCUT2D eigenvalue weighted by molar-refractivity contribution is 7.89. The molecule has 2 aromatic rings. The van der Waals surface area contributed by atoms with Gasteiger partial charge in [0.25, 0.3) is 0 Å². The Bertz CT molecular complexity index is 1090. The minimum Gasteiger partial charge on any atom is -0.495 e. The number of para-hydroxylation sites is 1. The first kappa shape index (κ1) is 23.1. The van der Waals surface area contributed by atoms with E-state index in [1.165, 1.54) is 36.7 Å². The fraction of sp³-hybridized carbons (Fsp3) is 0.333. The summed E-state index contributed by atoms with van der Waals surface area (Å²) >= 11 is 6.09. The number of esters is 1. The molecule has 0 bridgehead atoms. The zero-order chi connectivity index (χ0) is 22.6. The summed E-state index contributed by atoms with van der Waals surface area (Å²) in [4.78, 5) is 24.8. The number of nitrogens with one attached hydrogen (secondary N) is 1. The monoisotopic (exact) mass is 466 g/mol. The molecule has 1 heterocycles. The third-order valence-corrected chi connectivity index (χ3v) is 7.26. The van der Waals surface area contributed by atoms with Gasteiger partial charge in [0.05, 0.1) is 41.3 Å². The highest BCUT2D eigenvalue weighted by Crippen LogP contribution is 2.30. The van der Waals surface area contributed by atoms with Gasteiger partial charge in [-0.2, -0.15) is 4.31 Å². The Kier molecular flexibility index (Phi) is 7.19. The molecule has 3 rings (SSSR count). The van der Waals surface area contributed by atoms with Crippen LogP contribution in [0.4, 0.5) is 5.69 Å². The molecule has 10 heteroatoms. The maximum absolute atomic E-state index is 13.1. The minimum absolute atomic E-state index is 0.0260. The van der Waals surface area contributed by atoms with E-state index in [9.17, 15) is 18.0 Å². The number of ether oxygens (including phenoxy) is 2. The highest BCUT2D eigenvalue weighted by atomic mass is 35.5. The van der Waals surface area contributed by atoms with Gasteiger partial charge in [0.2, 0.25) is 15.9 Å². The van der Waals surface area contributed by atoms with E-state index in [2.05, 4.69) is 5.32 Å². The molecule has 0 aromatic heterocycles. The summed E-state index contributed by atoms with van der Waals surface area (Å²) in [5.74, 6) is -1.12. The number of carbonyl (C=O) groups excluding carboxylic acids is 2. The molecule has 2 aromatic carbocycles. The Morgan fingerprint density at radius 2 is 1.90 bits per heavy atom. The third kappa shape index (κ3) is 5.00. The molecule has 1 aliphatic rings. The molecule has 1 aliphatic heterocycles. The number of benzene rings is 2. The standard InChI is InChI=1S/C21H23ClN2O6S/c1-29-19-10-9-15(12-17(19)22)31(27,28)24-11-5-6-14(13-24)20(25)23-18-8-4-3-7-16(18)21(26)30-2/h3-4,7-10,12,14H,5-6,11,13H2,1-2H3,(H,23,25). The van der Waals surface area contributed by atoms with Crippen LogP contribution in [0.2, 0.25) is 5.02 Å². The summed E-state index contributed by atoms with van der Waals surface area (Å²) in [6, 6.07) is 10.8. The number of methoxy groups -OCH3 is 2. The number of nitrogens with zero attached hydrogens (tertiary/aromatic N) is 1. The van der Waals surface area contributed by atoms with Crippen molar-refractivity contribution in [3.05, 3.63) is 53.1 Å². The van der Waals surface area contributed by atoms with E-state index in [4.69, 9.17) is 21.1 Å². The predicted octanol–water partition coefficient (Wildman–Crippen LogP) is 3.17. The van der Waals surface area contributed by atoms with Gasteiger partial charge in [-0.25, -0.2) is 13.2 Å². The van der Waals surface area contributed by atoms with Gasteiger partial charge in [0, 0.05) is 13.1 Å². The summed E-state index contributed by atoms with van der Waals surface area (Å²) in [5.41, 5.74) is 0.549. The highest BCUT2D eigenvalue weighted by Gasteiger charge is 2.34. The molecule has 0 spiro atoms. The SMILES string of the molecule is COC(=O)c1ccccc1NC(=O)C1CCCN(S(=O)(=O)c2ccc(OC)c(Cl)c2)C1. The number of halogens is 1. The number of amides is 1. The van der Waals surface area contributed by atoms with Gasteiger partial charge in [0.15, 0.2) is 0 Å². The number of anilines is 1.